The first-order valence-corrected chi connectivity index (χ1v) is 5.90. The molecule has 0 fully saturated rings. The van der Waals surface area contributed by atoms with Gasteiger partial charge in [0.05, 0.1) is 10.5 Å². The Morgan fingerprint density at radius 1 is 1.19 bits per heavy atom. The second kappa shape index (κ2) is 5.49. The number of hydrogen-bond donors (Lipinski definition) is 1. The minimum atomic E-state index is -0.698. The summed E-state index contributed by atoms with van der Waals surface area (Å²) >= 11 is 0. The predicted molar refractivity (Wildman–Crippen MR) is 74.8 cm³/mol. The van der Waals surface area contributed by atoms with Crippen LogP contribution >= 0.6 is 0 Å². The lowest BCUT2D eigenvalue weighted by Crippen LogP contribution is -2.06. The van der Waals surface area contributed by atoms with Gasteiger partial charge in [-0.25, -0.2) is 0 Å². The van der Waals surface area contributed by atoms with Crippen molar-refractivity contribution in [3.8, 4) is 5.75 Å². The van der Waals surface area contributed by atoms with Gasteiger partial charge >= 0.3 is 0 Å². The van der Waals surface area contributed by atoms with E-state index < -0.39 is 10.7 Å². The molecule has 0 aliphatic carbocycles. The van der Waals surface area contributed by atoms with E-state index in [0.29, 0.717) is 5.56 Å². The molecule has 0 aliphatic heterocycles. The molecule has 0 unspecified atom stereocenters. The Morgan fingerprint density at radius 3 is 2.48 bits per heavy atom. The molecule has 0 heterocycles. The number of nitro benzene ring substituents is 1. The van der Waals surface area contributed by atoms with Gasteiger partial charge in [0.2, 0.25) is 5.78 Å². The minimum Gasteiger partial charge on any atom is -0.508 e. The number of ketones is 1. The number of phenols is 1. The second-order valence-corrected chi connectivity index (χ2v) is 4.40. The quantitative estimate of drug-likeness (QED) is 0.401. The molecule has 7 nitrogen and oxygen atoms in total. The maximum Gasteiger partial charge on any atom is 0.280 e. The van der Waals surface area contributed by atoms with Crippen molar-refractivity contribution in [1.29, 1.82) is 0 Å². The van der Waals surface area contributed by atoms with E-state index in [1.165, 1.54) is 24.3 Å². The average molecular weight is 286 g/mol. The molecule has 21 heavy (non-hydrogen) atoms. The number of nitro groups is 1. The maximum absolute atomic E-state index is 12.4. The van der Waals surface area contributed by atoms with E-state index in [0.717, 1.165) is 6.07 Å². The molecule has 0 saturated carbocycles. The van der Waals surface area contributed by atoms with Crippen molar-refractivity contribution in [3.63, 3.8) is 0 Å². The molecular formula is C14H10N2O5. The molecule has 2 aromatic carbocycles. The van der Waals surface area contributed by atoms with Gasteiger partial charge in [-0.05, 0) is 35.9 Å². The standard InChI is InChI=1S/C14H10N2O5/c1-8-2-4-11(13(6-8)16(20)21)14(18)10-5-3-9(17)7-12(10)15-19/h2-7,17H,1H3. The second-order valence-electron chi connectivity index (χ2n) is 4.40. The van der Waals surface area contributed by atoms with E-state index in [9.17, 15) is 24.9 Å². The highest BCUT2D eigenvalue weighted by atomic mass is 16.6. The monoisotopic (exact) mass is 286 g/mol. The number of rotatable bonds is 4. The Kier molecular flexibility index (Phi) is 3.75. The van der Waals surface area contributed by atoms with Crippen molar-refractivity contribution in [2.75, 3.05) is 0 Å². The van der Waals surface area contributed by atoms with E-state index >= 15 is 0 Å². The van der Waals surface area contributed by atoms with Crippen molar-refractivity contribution >= 4 is 17.2 Å². The average Bonchev–Trinajstić information content (AvgIpc) is 2.46. The van der Waals surface area contributed by atoms with Crippen molar-refractivity contribution in [3.05, 3.63) is 68.1 Å². The van der Waals surface area contributed by atoms with Crippen LogP contribution in [0.4, 0.5) is 11.4 Å². The van der Waals surface area contributed by atoms with E-state index in [1.807, 2.05) is 0 Å². The molecule has 0 spiro atoms. The SMILES string of the molecule is Cc1ccc(C(=O)c2ccc(O)cc2N=O)c([N+](=O)[O-])c1. The van der Waals surface area contributed by atoms with Crippen LogP contribution in [-0.2, 0) is 0 Å². The van der Waals surface area contributed by atoms with Gasteiger partial charge in [-0.3, -0.25) is 14.9 Å². The molecule has 0 bridgehead atoms. The van der Waals surface area contributed by atoms with Crippen molar-refractivity contribution in [2.24, 2.45) is 5.18 Å². The first-order chi connectivity index (χ1) is 9.93. The molecule has 0 amide bonds. The smallest absolute Gasteiger partial charge is 0.280 e. The molecule has 2 aromatic rings. The fraction of sp³-hybridized carbons (Fsp3) is 0.0714. The maximum atomic E-state index is 12.4. The fourth-order valence-electron chi connectivity index (χ4n) is 1.92. The van der Waals surface area contributed by atoms with Gasteiger partial charge < -0.3 is 5.11 Å². The molecule has 1 N–H and O–H groups in total. The van der Waals surface area contributed by atoms with Crippen LogP contribution in [0.1, 0.15) is 21.5 Å². The molecule has 0 aliphatic rings. The summed E-state index contributed by atoms with van der Waals surface area (Å²) in [5, 5.41) is 23.0. The van der Waals surface area contributed by atoms with Crippen molar-refractivity contribution in [1.82, 2.24) is 0 Å². The number of benzene rings is 2. The number of aryl methyl sites for hydroxylation is 1. The lowest BCUT2D eigenvalue weighted by molar-refractivity contribution is -0.385. The molecule has 2 rings (SSSR count). The Morgan fingerprint density at radius 2 is 1.86 bits per heavy atom. The number of hydrogen-bond acceptors (Lipinski definition) is 6. The Balaban J connectivity index is 2.60. The summed E-state index contributed by atoms with van der Waals surface area (Å²) in [6.07, 6.45) is 0. The van der Waals surface area contributed by atoms with E-state index in [2.05, 4.69) is 5.18 Å². The lowest BCUT2D eigenvalue weighted by Gasteiger charge is -2.05. The highest BCUT2D eigenvalue weighted by Gasteiger charge is 2.23. The van der Waals surface area contributed by atoms with Crippen LogP contribution in [0.25, 0.3) is 0 Å². The van der Waals surface area contributed by atoms with Gasteiger partial charge in [0.1, 0.15) is 17.0 Å². The van der Waals surface area contributed by atoms with Crippen molar-refractivity contribution in [2.45, 2.75) is 6.92 Å². The zero-order valence-electron chi connectivity index (χ0n) is 10.9. The lowest BCUT2D eigenvalue weighted by atomic mass is 9.99. The zero-order chi connectivity index (χ0) is 15.6. The number of carbonyl (C=O) groups is 1. The van der Waals surface area contributed by atoms with Gasteiger partial charge in [0, 0.05) is 12.1 Å². The van der Waals surface area contributed by atoms with Crippen LogP contribution in [0.5, 0.6) is 5.75 Å². The van der Waals surface area contributed by atoms with Crippen LogP contribution in [0.3, 0.4) is 0 Å². The van der Waals surface area contributed by atoms with Crippen LogP contribution in [0.15, 0.2) is 41.6 Å². The van der Waals surface area contributed by atoms with Gasteiger partial charge in [0.15, 0.2) is 0 Å². The Bertz CT molecular complexity index is 755. The summed E-state index contributed by atoms with van der Waals surface area (Å²) in [5.41, 5.74) is -0.214. The molecule has 7 heteroatoms. The Labute approximate surface area is 119 Å². The topological polar surface area (TPSA) is 110 Å². The van der Waals surface area contributed by atoms with Crippen molar-refractivity contribution < 1.29 is 14.8 Å². The summed E-state index contributed by atoms with van der Waals surface area (Å²) in [4.78, 5) is 33.5. The first kappa shape index (κ1) is 14.3. The van der Waals surface area contributed by atoms with Crippen LogP contribution in [0, 0.1) is 21.9 Å². The molecule has 106 valence electrons. The van der Waals surface area contributed by atoms with Crippen LogP contribution in [0.2, 0.25) is 0 Å². The number of nitrogens with zero attached hydrogens (tertiary/aromatic N) is 2. The fourth-order valence-corrected chi connectivity index (χ4v) is 1.92. The highest BCUT2D eigenvalue weighted by molar-refractivity contribution is 6.14. The summed E-state index contributed by atoms with van der Waals surface area (Å²) < 4.78 is 0. The number of phenolic OH excluding ortho intramolecular Hbond substituents is 1. The summed E-state index contributed by atoms with van der Waals surface area (Å²) in [7, 11) is 0. The summed E-state index contributed by atoms with van der Waals surface area (Å²) in [5.74, 6) is -0.921. The molecule has 0 atom stereocenters. The summed E-state index contributed by atoms with van der Waals surface area (Å²) in [6.45, 7) is 1.67. The third-order valence-electron chi connectivity index (χ3n) is 2.92. The molecular weight excluding hydrogens is 276 g/mol. The van der Waals surface area contributed by atoms with E-state index in [1.54, 1.807) is 13.0 Å². The van der Waals surface area contributed by atoms with E-state index in [-0.39, 0.29) is 28.3 Å². The molecule has 0 aromatic heterocycles. The molecule has 0 radical (unpaired) electrons. The summed E-state index contributed by atoms with van der Waals surface area (Å²) in [6, 6.07) is 7.62. The van der Waals surface area contributed by atoms with Crippen LogP contribution < -0.4 is 0 Å². The third kappa shape index (κ3) is 2.76. The zero-order valence-corrected chi connectivity index (χ0v) is 10.9. The third-order valence-corrected chi connectivity index (χ3v) is 2.92. The normalized spacial score (nSPS) is 10.1. The largest absolute Gasteiger partial charge is 0.508 e. The number of carbonyl (C=O) groups excluding carboxylic acids is 1. The predicted octanol–water partition coefficient (Wildman–Crippen LogP) is 3.24. The van der Waals surface area contributed by atoms with Gasteiger partial charge in [-0.1, -0.05) is 6.07 Å². The number of aromatic hydroxyl groups is 1. The first-order valence-electron chi connectivity index (χ1n) is 5.90. The van der Waals surface area contributed by atoms with Gasteiger partial charge in [0.25, 0.3) is 5.69 Å². The number of nitroso groups, excluding NO2 is 1. The van der Waals surface area contributed by atoms with E-state index in [4.69, 9.17) is 0 Å². The highest BCUT2D eigenvalue weighted by Crippen LogP contribution is 2.29. The van der Waals surface area contributed by atoms with Gasteiger partial charge in [-0.2, -0.15) is 0 Å². The Hall–Kier alpha value is -3.09. The van der Waals surface area contributed by atoms with Gasteiger partial charge in [-0.15, -0.1) is 4.91 Å². The van der Waals surface area contributed by atoms with Crippen LogP contribution in [-0.4, -0.2) is 15.8 Å². The molecule has 0 saturated heterocycles. The minimum absolute atomic E-state index is 0.102.